The molecule has 2 nitrogen and oxygen atoms in total. The molecule has 0 aliphatic carbocycles. The van der Waals surface area contributed by atoms with Gasteiger partial charge in [0.05, 0.1) is 0 Å². The van der Waals surface area contributed by atoms with Crippen LogP contribution in [0.1, 0.15) is 38.3 Å². The fourth-order valence-corrected chi connectivity index (χ4v) is 2.90. The van der Waals surface area contributed by atoms with E-state index in [4.69, 9.17) is 5.73 Å². The molecule has 0 radical (unpaired) electrons. The number of nitrogens with two attached hydrogens (primary N) is 1. The first-order chi connectivity index (χ1) is 7.98. The molecule has 0 spiro atoms. The molecule has 1 atom stereocenters. The topological polar surface area (TPSA) is 29.3 Å². The Morgan fingerprint density at radius 3 is 2.65 bits per heavy atom. The molecule has 1 aromatic rings. The van der Waals surface area contributed by atoms with Gasteiger partial charge in [-0.2, -0.15) is 0 Å². The summed E-state index contributed by atoms with van der Waals surface area (Å²) < 4.78 is 0. The highest BCUT2D eigenvalue weighted by atomic mass is 15.2. The number of hydrogen-bond donors (Lipinski definition) is 1. The van der Waals surface area contributed by atoms with Crippen molar-refractivity contribution in [2.24, 2.45) is 5.73 Å². The van der Waals surface area contributed by atoms with E-state index in [0.717, 1.165) is 19.4 Å². The highest BCUT2D eigenvalue weighted by molar-refractivity contribution is 5.62. The Morgan fingerprint density at radius 2 is 2.12 bits per heavy atom. The highest BCUT2D eigenvalue weighted by Crippen LogP contribution is 2.37. The van der Waals surface area contributed by atoms with Gasteiger partial charge in [-0.15, -0.1) is 0 Å². The van der Waals surface area contributed by atoms with Gasteiger partial charge in [-0.1, -0.05) is 25.1 Å². The Morgan fingerprint density at radius 1 is 1.41 bits per heavy atom. The number of anilines is 1. The summed E-state index contributed by atoms with van der Waals surface area (Å²) in [5.41, 5.74) is 10.5. The summed E-state index contributed by atoms with van der Waals surface area (Å²) in [6.45, 7) is 10.0. The normalized spacial score (nSPS) is 23.1. The minimum atomic E-state index is 0.0655. The van der Waals surface area contributed by atoms with E-state index in [2.05, 4.69) is 50.8 Å². The maximum Gasteiger partial charge on any atom is 0.0497 e. The van der Waals surface area contributed by atoms with E-state index in [1.54, 1.807) is 0 Å². The first kappa shape index (κ1) is 12.4. The van der Waals surface area contributed by atoms with Crippen LogP contribution in [0.25, 0.3) is 0 Å². The quantitative estimate of drug-likeness (QED) is 0.849. The Hall–Kier alpha value is -1.02. The van der Waals surface area contributed by atoms with E-state index in [1.165, 1.54) is 16.8 Å². The van der Waals surface area contributed by atoms with Gasteiger partial charge in [0, 0.05) is 23.8 Å². The SMILES string of the molecule is CCc1cccc(C)c1N1CCC(N)C1(C)C. The molecule has 2 heteroatoms. The van der Waals surface area contributed by atoms with Crippen molar-refractivity contribution in [1.82, 2.24) is 0 Å². The first-order valence-electron chi connectivity index (χ1n) is 6.60. The van der Waals surface area contributed by atoms with Crippen molar-refractivity contribution in [2.45, 2.75) is 52.1 Å². The van der Waals surface area contributed by atoms with E-state index in [9.17, 15) is 0 Å². The minimum absolute atomic E-state index is 0.0655. The van der Waals surface area contributed by atoms with E-state index in [0.29, 0.717) is 0 Å². The van der Waals surface area contributed by atoms with Crippen molar-refractivity contribution in [1.29, 1.82) is 0 Å². The van der Waals surface area contributed by atoms with Gasteiger partial charge in [0.2, 0.25) is 0 Å². The highest BCUT2D eigenvalue weighted by Gasteiger charge is 2.40. The van der Waals surface area contributed by atoms with Gasteiger partial charge in [-0.3, -0.25) is 0 Å². The van der Waals surface area contributed by atoms with Crippen LogP contribution in [0.4, 0.5) is 5.69 Å². The van der Waals surface area contributed by atoms with Gasteiger partial charge in [-0.25, -0.2) is 0 Å². The van der Waals surface area contributed by atoms with Crippen molar-refractivity contribution in [3.05, 3.63) is 29.3 Å². The van der Waals surface area contributed by atoms with Crippen molar-refractivity contribution >= 4 is 5.69 Å². The largest absolute Gasteiger partial charge is 0.364 e. The second-order valence-electron chi connectivity index (χ2n) is 5.64. The summed E-state index contributed by atoms with van der Waals surface area (Å²) in [6.07, 6.45) is 2.17. The van der Waals surface area contributed by atoms with Crippen LogP contribution < -0.4 is 10.6 Å². The van der Waals surface area contributed by atoms with Crippen molar-refractivity contribution in [3.63, 3.8) is 0 Å². The van der Waals surface area contributed by atoms with E-state index >= 15 is 0 Å². The third kappa shape index (κ3) is 1.95. The van der Waals surface area contributed by atoms with Crippen molar-refractivity contribution in [3.8, 4) is 0 Å². The van der Waals surface area contributed by atoms with Crippen LogP contribution in [0.2, 0.25) is 0 Å². The molecule has 1 aliphatic rings. The lowest BCUT2D eigenvalue weighted by molar-refractivity contribution is 0.452. The van der Waals surface area contributed by atoms with Crippen LogP contribution >= 0.6 is 0 Å². The Balaban J connectivity index is 2.47. The predicted molar refractivity (Wildman–Crippen MR) is 74.6 cm³/mol. The summed E-state index contributed by atoms with van der Waals surface area (Å²) >= 11 is 0. The van der Waals surface area contributed by atoms with Gasteiger partial charge >= 0.3 is 0 Å². The Labute approximate surface area is 105 Å². The molecule has 2 rings (SSSR count). The van der Waals surface area contributed by atoms with Crippen LogP contribution in [0.15, 0.2) is 18.2 Å². The zero-order valence-electron chi connectivity index (χ0n) is 11.5. The smallest absolute Gasteiger partial charge is 0.0497 e. The summed E-state index contributed by atoms with van der Waals surface area (Å²) in [5, 5.41) is 0. The van der Waals surface area contributed by atoms with Gasteiger partial charge in [0.15, 0.2) is 0 Å². The molecule has 1 unspecified atom stereocenters. The predicted octanol–water partition coefficient (Wildman–Crippen LogP) is 2.87. The van der Waals surface area contributed by atoms with Crippen molar-refractivity contribution in [2.75, 3.05) is 11.4 Å². The monoisotopic (exact) mass is 232 g/mol. The van der Waals surface area contributed by atoms with E-state index in [1.807, 2.05) is 0 Å². The van der Waals surface area contributed by atoms with Crippen molar-refractivity contribution < 1.29 is 0 Å². The lowest BCUT2D eigenvalue weighted by atomic mass is 9.94. The molecule has 94 valence electrons. The molecular formula is C15H24N2. The van der Waals surface area contributed by atoms with E-state index in [-0.39, 0.29) is 11.6 Å². The van der Waals surface area contributed by atoms with Crippen LogP contribution in [0.5, 0.6) is 0 Å². The van der Waals surface area contributed by atoms with Gasteiger partial charge in [-0.05, 0) is 44.7 Å². The standard InChI is InChI=1S/C15H24N2/c1-5-12-8-6-7-11(2)14(12)17-10-9-13(16)15(17,3)4/h6-8,13H,5,9-10,16H2,1-4H3. The third-order valence-corrected chi connectivity index (χ3v) is 4.24. The Bertz CT molecular complexity index is 409. The second kappa shape index (κ2) is 4.34. The molecule has 1 fully saturated rings. The summed E-state index contributed by atoms with van der Waals surface area (Å²) in [4.78, 5) is 2.51. The molecule has 1 aliphatic heterocycles. The number of aryl methyl sites for hydroxylation is 2. The Kier molecular flexibility index (Phi) is 3.17. The zero-order valence-corrected chi connectivity index (χ0v) is 11.5. The fourth-order valence-electron chi connectivity index (χ4n) is 2.90. The molecular weight excluding hydrogens is 208 g/mol. The average Bonchev–Trinajstić information content (AvgIpc) is 2.54. The number of para-hydroxylation sites is 1. The first-order valence-corrected chi connectivity index (χ1v) is 6.60. The molecule has 0 saturated carbocycles. The maximum atomic E-state index is 6.24. The molecule has 17 heavy (non-hydrogen) atoms. The fraction of sp³-hybridized carbons (Fsp3) is 0.600. The van der Waals surface area contributed by atoms with Gasteiger partial charge in [0.25, 0.3) is 0 Å². The zero-order chi connectivity index (χ0) is 12.6. The van der Waals surface area contributed by atoms with Gasteiger partial charge in [0.1, 0.15) is 0 Å². The van der Waals surface area contributed by atoms with Crippen LogP contribution in [0, 0.1) is 6.92 Å². The molecule has 0 amide bonds. The lowest BCUT2D eigenvalue weighted by Gasteiger charge is -2.38. The second-order valence-corrected chi connectivity index (χ2v) is 5.64. The minimum Gasteiger partial charge on any atom is -0.364 e. The number of hydrogen-bond acceptors (Lipinski definition) is 2. The summed E-state index contributed by atoms with van der Waals surface area (Å²) in [7, 11) is 0. The molecule has 1 saturated heterocycles. The molecule has 1 aromatic carbocycles. The average molecular weight is 232 g/mol. The summed E-state index contributed by atoms with van der Waals surface area (Å²) in [5.74, 6) is 0. The van der Waals surface area contributed by atoms with E-state index < -0.39 is 0 Å². The third-order valence-electron chi connectivity index (χ3n) is 4.24. The van der Waals surface area contributed by atoms with Gasteiger partial charge < -0.3 is 10.6 Å². The maximum absolute atomic E-state index is 6.24. The lowest BCUT2D eigenvalue weighted by Crippen LogP contribution is -2.49. The summed E-state index contributed by atoms with van der Waals surface area (Å²) in [6, 6.07) is 6.86. The number of nitrogens with zero attached hydrogens (tertiary/aromatic N) is 1. The number of benzene rings is 1. The molecule has 1 heterocycles. The molecule has 2 N–H and O–H groups in total. The molecule has 0 aromatic heterocycles. The van der Waals surface area contributed by atoms with Crippen LogP contribution in [-0.2, 0) is 6.42 Å². The van der Waals surface area contributed by atoms with Crippen LogP contribution in [0.3, 0.4) is 0 Å². The van der Waals surface area contributed by atoms with Crippen LogP contribution in [-0.4, -0.2) is 18.1 Å². The number of rotatable bonds is 2. The molecule has 0 bridgehead atoms.